The van der Waals surface area contributed by atoms with Crippen LogP contribution in [0.3, 0.4) is 0 Å². The number of nitrogens with one attached hydrogen (secondary N) is 1. The summed E-state index contributed by atoms with van der Waals surface area (Å²) in [4.78, 5) is 7.06. The SMILES string of the molecule is C1CCNC1.CC(C)c1cccc(N2CCCC2)n1. The van der Waals surface area contributed by atoms with Gasteiger partial charge < -0.3 is 10.2 Å². The molecule has 1 N–H and O–H groups in total. The second-order valence-corrected chi connectivity index (χ2v) is 5.73. The van der Waals surface area contributed by atoms with Crippen LogP contribution >= 0.6 is 0 Å². The lowest BCUT2D eigenvalue weighted by atomic mass is 10.1. The quantitative estimate of drug-likeness (QED) is 0.886. The highest BCUT2D eigenvalue weighted by Gasteiger charge is 2.13. The number of hydrogen-bond acceptors (Lipinski definition) is 3. The van der Waals surface area contributed by atoms with Crippen molar-refractivity contribution in [1.29, 1.82) is 0 Å². The molecule has 0 aliphatic carbocycles. The fourth-order valence-electron chi connectivity index (χ4n) is 2.51. The molecule has 1 aromatic rings. The first-order chi connectivity index (χ1) is 9.27. The van der Waals surface area contributed by atoms with E-state index in [0.29, 0.717) is 5.92 Å². The van der Waals surface area contributed by atoms with Gasteiger partial charge in [-0.2, -0.15) is 0 Å². The predicted molar refractivity (Wildman–Crippen MR) is 81.9 cm³/mol. The Bertz CT molecular complexity index is 358. The minimum Gasteiger partial charge on any atom is -0.357 e. The smallest absolute Gasteiger partial charge is 0.128 e. The Balaban J connectivity index is 0.000000224. The van der Waals surface area contributed by atoms with Gasteiger partial charge in [-0.05, 0) is 56.8 Å². The number of aromatic nitrogens is 1. The summed E-state index contributed by atoms with van der Waals surface area (Å²) in [6, 6.07) is 6.36. The number of rotatable bonds is 2. The van der Waals surface area contributed by atoms with Crippen LogP contribution in [0.4, 0.5) is 5.82 Å². The Hall–Kier alpha value is -1.09. The highest BCUT2D eigenvalue weighted by atomic mass is 15.2. The molecule has 2 aliphatic heterocycles. The Kier molecular flexibility index (Phi) is 5.64. The fourth-order valence-corrected chi connectivity index (χ4v) is 2.51. The van der Waals surface area contributed by atoms with Crippen LogP contribution in [0.25, 0.3) is 0 Å². The maximum absolute atomic E-state index is 4.68. The summed E-state index contributed by atoms with van der Waals surface area (Å²) in [6.07, 6.45) is 5.40. The van der Waals surface area contributed by atoms with Gasteiger partial charge in [0.05, 0.1) is 0 Å². The van der Waals surface area contributed by atoms with E-state index in [1.165, 1.54) is 57.6 Å². The molecule has 1 aromatic heterocycles. The van der Waals surface area contributed by atoms with Crippen LogP contribution < -0.4 is 10.2 Å². The van der Waals surface area contributed by atoms with Gasteiger partial charge in [0, 0.05) is 18.8 Å². The molecule has 2 aliphatic rings. The largest absolute Gasteiger partial charge is 0.357 e. The van der Waals surface area contributed by atoms with Gasteiger partial charge in [-0.15, -0.1) is 0 Å². The lowest BCUT2D eigenvalue weighted by molar-refractivity contribution is 0.811. The molecule has 0 bridgehead atoms. The normalized spacial score (nSPS) is 18.6. The zero-order valence-corrected chi connectivity index (χ0v) is 12.4. The molecule has 2 saturated heterocycles. The molecule has 0 amide bonds. The molecule has 3 heteroatoms. The number of hydrogen-bond donors (Lipinski definition) is 1. The Labute approximate surface area is 117 Å². The average molecular weight is 261 g/mol. The van der Waals surface area contributed by atoms with Crippen LogP contribution in [0.2, 0.25) is 0 Å². The van der Waals surface area contributed by atoms with Gasteiger partial charge in [0.1, 0.15) is 5.82 Å². The molecule has 19 heavy (non-hydrogen) atoms. The number of nitrogens with zero attached hydrogens (tertiary/aromatic N) is 2. The van der Waals surface area contributed by atoms with E-state index in [2.05, 4.69) is 47.2 Å². The Morgan fingerprint density at radius 3 is 2.26 bits per heavy atom. The van der Waals surface area contributed by atoms with Gasteiger partial charge in [-0.1, -0.05) is 19.9 Å². The third-order valence-corrected chi connectivity index (χ3v) is 3.73. The predicted octanol–water partition coefficient (Wildman–Crippen LogP) is 3.18. The minimum absolute atomic E-state index is 0.526. The van der Waals surface area contributed by atoms with Gasteiger partial charge in [0.2, 0.25) is 0 Å². The summed E-state index contributed by atoms with van der Waals surface area (Å²) >= 11 is 0. The van der Waals surface area contributed by atoms with Crippen molar-refractivity contribution in [2.75, 3.05) is 31.1 Å². The molecule has 3 rings (SSSR count). The maximum Gasteiger partial charge on any atom is 0.128 e. The first-order valence-electron chi connectivity index (χ1n) is 7.70. The van der Waals surface area contributed by atoms with Gasteiger partial charge in [-0.3, -0.25) is 0 Å². The van der Waals surface area contributed by atoms with Crippen molar-refractivity contribution >= 4 is 5.82 Å². The molecule has 106 valence electrons. The van der Waals surface area contributed by atoms with Gasteiger partial charge in [-0.25, -0.2) is 4.98 Å². The lowest BCUT2D eigenvalue weighted by Crippen LogP contribution is -2.19. The van der Waals surface area contributed by atoms with Crippen LogP contribution in [0.5, 0.6) is 0 Å². The van der Waals surface area contributed by atoms with E-state index in [0.717, 1.165) is 5.82 Å². The van der Waals surface area contributed by atoms with Crippen molar-refractivity contribution in [1.82, 2.24) is 10.3 Å². The van der Waals surface area contributed by atoms with Crippen molar-refractivity contribution in [2.24, 2.45) is 0 Å². The highest BCUT2D eigenvalue weighted by Crippen LogP contribution is 2.20. The zero-order chi connectivity index (χ0) is 13.5. The summed E-state index contributed by atoms with van der Waals surface area (Å²) in [6.45, 7) is 9.23. The number of pyridine rings is 1. The van der Waals surface area contributed by atoms with E-state index in [-0.39, 0.29) is 0 Å². The summed E-state index contributed by atoms with van der Waals surface area (Å²) in [5.41, 5.74) is 1.20. The standard InChI is InChI=1S/C12H18N2.C4H9N/c1-10(2)11-6-5-7-12(13-11)14-8-3-4-9-14;1-2-4-5-3-1/h5-7,10H,3-4,8-9H2,1-2H3;5H,1-4H2. The van der Waals surface area contributed by atoms with Gasteiger partial charge in [0.25, 0.3) is 0 Å². The molecule has 0 spiro atoms. The van der Waals surface area contributed by atoms with Crippen LogP contribution in [0.1, 0.15) is 51.1 Å². The van der Waals surface area contributed by atoms with Crippen LogP contribution in [0.15, 0.2) is 18.2 Å². The molecule has 0 saturated carbocycles. The molecule has 0 aromatic carbocycles. The molecular formula is C16H27N3. The molecule has 0 atom stereocenters. The van der Waals surface area contributed by atoms with Crippen molar-refractivity contribution in [2.45, 2.75) is 45.4 Å². The monoisotopic (exact) mass is 261 g/mol. The molecule has 0 radical (unpaired) electrons. The van der Waals surface area contributed by atoms with E-state index < -0.39 is 0 Å². The molecule has 3 heterocycles. The Morgan fingerprint density at radius 1 is 1.05 bits per heavy atom. The van der Waals surface area contributed by atoms with E-state index in [1.807, 2.05) is 0 Å². The zero-order valence-electron chi connectivity index (χ0n) is 12.4. The van der Waals surface area contributed by atoms with Gasteiger partial charge in [0.15, 0.2) is 0 Å². The van der Waals surface area contributed by atoms with Crippen molar-refractivity contribution in [3.63, 3.8) is 0 Å². The average Bonchev–Trinajstić information content (AvgIpc) is 3.15. The third kappa shape index (κ3) is 4.50. The minimum atomic E-state index is 0.526. The third-order valence-electron chi connectivity index (χ3n) is 3.73. The fraction of sp³-hybridized carbons (Fsp3) is 0.688. The van der Waals surface area contributed by atoms with Crippen LogP contribution in [-0.2, 0) is 0 Å². The van der Waals surface area contributed by atoms with E-state index in [1.54, 1.807) is 0 Å². The van der Waals surface area contributed by atoms with Crippen LogP contribution in [0, 0.1) is 0 Å². The van der Waals surface area contributed by atoms with Gasteiger partial charge >= 0.3 is 0 Å². The molecule has 2 fully saturated rings. The molecule has 0 unspecified atom stereocenters. The number of anilines is 1. The summed E-state index contributed by atoms with van der Waals surface area (Å²) in [7, 11) is 0. The van der Waals surface area contributed by atoms with Crippen molar-refractivity contribution < 1.29 is 0 Å². The molecule has 3 nitrogen and oxygen atoms in total. The Morgan fingerprint density at radius 2 is 1.74 bits per heavy atom. The second kappa shape index (κ2) is 7.49. The highest BCUT2D eigenvalue weighted by molar-refractivity contribution is 5.40. The van der Waals surface area contributed by atoms with Crippen molar-refractivity contribution in [3.05, 3.63) is 23.9 Å². The van der Waals surface area contributed by atoms with E-state index in [9.17, 15) is 0 Å². The summed E-state index contributed by atoms with van der Waals surface area (Å²) < 4.78 is 0. The maximum atomic E-state index is 4.68. The van der Waals surface area contributed by atoms with Crippen LogP contribution in [-0.4, -0.2) is 31.2 Å². The lowest BCUT2D eigenvalue weighted by Gasteiger charge is -2.17. The first-order valence-corrected chi connectivity index (χ1v) is 7.70. The topological polar surface area (TPSA) is 28.2 Å². The van der Waals surface area contributed by atoms with E-state index in [4.69, 9.17) is 0 Å². The summed E-state index contributed by atoms with van der Waals surface area (Å²) in [5.74, 6) is 1.69. The van der Waals surface area contributed by atoms with Crippen molar-refractivity contribution in [3.8, 4) is 0 Å². The molecular weight excluding hydrogens is 234 g/mol. The summed E-state index contributed by atoms with van der Waals surface area (Å²) in [5, 5.41) is 3.22. The second-order valence-electron chi connectivity index (χ2n) is 5.73. The van der Waals surface area contributed by atoms with E-state index >= 15 is 0 Å². The first kappa shape index (κ1) is 14.3.